The van der Waals surface area contributed by atoms with Gasteiger partial charge in [-0.25, -0.2) is 0 Å². The number of rotatable bonds is 1. The van der Waals surface area contributed by atoms with E-state index in [1.54, 1.807) is 6.07 Å². The predicted octanol–water partition coefficient (Wildman–Crippen LogP) is 5.45. The molecule has 0 saturated heterocycles. The van der Waals surface area contributed by atoms with Crippen LogP contribution in [0.3, 0.4) is 0 Å². The van der Waals surface area contributed by atoms with Crippen molar-refractivity contribution in [3.63, 3.8) is 0 Å². The first-order valence-corrected chi connectivity index (χ1v) is 6.34. The molecular formula is C16H16ClO. The summed E-state index contributed by atoms with van der Waals surface area (Å²) in [6.07, 6.45) is 0. The van der Waals surface area contributed by atoms with Gasteiger partial charge in [0.1, 0.15) is 0 Å². The van der Waals surface area contributed by atoms with Crippen LogP contribution in [0, 0.1) is 0 Å². The van der Waals surface area contributed by atoms with E-state index in [1.807, 2.05) is 18.2 Å². The van der Waals surface area contributed by atoms with Crippen molar-refractivity contribution in [2.75, 3.05) is 0 Å². The van der Waals surface area contributed by atoms with Gasteiger partial charge in [0.25, 0.3) is 0 Å². The van der Waals surface area contributed by atoms with Crippen LogP contribution >= 0.6 is 11.6 Å². The Balaban J connectivity index is 2.44. The summed E-state index contributed by atoms with van der Waals surface area (Å²) in [5.41, 5.74) is 3.17. The minimum absolute atomic E-state index is 0.128. The summed E-state index contributed by atoms with van der Waals surface area (Å²) in [4.78, 5) is 0. The molecule has 0 aliphatic heterocycles. The molecule has 0 saturated carbocycles. The number of hydrogen-bond donors (Lipinski definition) is 0. The van der Waals surface area contributed by atoms with Crippen LogP contribution in [0.4, 0.5) is 0 Å². The van der Waals surface area contributed by atoms with Gasteiger partial charge in [-0.3, -0.25) is 5.11 Å². The van der Waals surface area contributed by atoms with Gasteiger partial charge in [-0.1, -0.05) is 68.8 Å². The van der Waals surface area contributed by atoms with Gasteiger partial charge in [0.2, 0.25) is 0 Å². The third-order valence-electron chi connectivity index (χ3n) is 3.03. The van der Waals surface area contributed by atoms with E-state index in [0.29, 0.717) is 5.02 Å². The summed E-state index contributed by atoms with van der Waals surface area (Å²) < 4.78 is 0. The molecule has 0 spiro atoms. The van der Waals surface area contributed by atoms with Crippen LogP contribution in [-0.4, -0.2) is 0 Å². The van der Waals surface area contributed by atoms with E-state index in [2.05, 4.69) is 32.9 Å². The first-order chi connectivity index (χ1) is 8.39. The fourth-order valence-corrected chi connectivity index (χ4v) is 2.12. The quantitative estimate of drug-likeness (QED) is 0.649. The van der Waals surface area contributed by atoms with Crippen molar-refractivity contribution in [2.24, 2.45) is 0 Å². The van der Waals surface area contributed by atoms with Crippen LogP contribution in [0.5, 0.6) is 5.75 Å². The third-order valence-corrected chi connectivity index (χ3v) is 3.42. The van der Waals surface area contributed by atoms with Gasteiger partial charge in [-0.05, 0) is 22.6 Å². The minimum Gasteiger partial charge on any atom is -0.288 e. The lowest BCUT2D eigenvalue weighted by Crippen LogP contribution is -2.10. The van der Waals surface area contributed by atoms with E-state index in [9.17, 15) is 5.11 Å². The molecule has 1 nitrogen and oxygen atoms in total. The summed E-state index contributed by atoms with van der Waals surface area (Å²) in [6.45, 7) is 6.52. The monoisotopic (exact) mass is 259 g/mol. The van der Waals surface area contributed by atoms with E-state index in [1.165, 1.54) is 11.6 Å². The highest BCUT2D eigenvalue weighted by Gasteiger charge is 2.14. The second kappa shape index (κ2) is 4.66. The van der Waals surface area contributed by atoms with Crippen LogP contribution in [-0.2, 0) is 10.5 Å². The Morgan fingerprint density at radius 3 is 2.11 bits per heavy atom. The first kappa shape index (κ1) is 13.0. The molecule has 2 aromatic rings. The fourth-order valence-electron chi connectivity index (χ4n) is 1.88. The second-order valence-electron chi connectivity index (χ2n) is 5.45. The van der Waals surface area contributed by atoms with E-state index >= 15 is 0 Å². The van der Waals surface area contributed by atoms with Crippen LogP contribution in [0.15, 0.2) is 42.5 Å². The zero-order chi connectivity index (χ0) is 13.3. The van der Waals surface area contributed by atoms with E-state index in [4.69, 9.17) is 11.6 Å². The smallest absolute Gasteiger partial charge is 0.197 e. The van der Waals surface area contributed by atoms with E-state index in [-0.39, 0.29) is 11.2 Å². The molecule has 2 aromatic carbocycles. The Morgan fingerprint density at radius 1 is 0.944 bits per heavy atom. The van der Waals surface area contributed by atoms with Crippen LogP contribution < -0.4 is 0 Å². The summed E-state index contributed by atoms with van der Waals surface area (Å²) in [5.74, 6) is -0.130. The number of benzene rings is 2. The SMILES string of the molecule is CC(C)(C)c1ccc(-c2cccc([O])c2Cl)cc1. The Bertz CT molecular complexity index is 550. The molecule has 0 amide bonds. The van der Waals surface area contributed by atoms with Gasteiger partial charge in [-0.2, -0.15) is 0 Å². The van der Waals surface area contributed by atoms with Gasteiger partial charge in [0.05, 0.1) is 5.02 Å². The Kier molecular flexibility index (Phi) is 3.36. The third kappa shape index (κ3) is 2.51. The molecule has 0 aliphatic carbocycles. The van der Waals surface area contributed by atoms with Crippen molar-refractivity contribution < 1.29 is 5.11 Å². The summed E-state index contributed by atoms with van der Waals surface area (Å²) in [6, 6.07) is 13.3. The number of hydrogen-bond acceptors (Lipinski definition) is 0. The molecule has 1 radical (unpaired) electrons. The normalized spacial score (nSPS) is 11.6. The maximum Gasteiger partial charge on any atom is 0.197 e. The predicted molar refractivity (Wildman–Crippen MR) is 75.7 cm³/mol. The molecule has 0 bridgehead atoms. The zero-order valence-electron chi connectivity index (χ0n) is 10.8. The highest BCUT2D eigenvalue weighted by atomic mass is 35.5. The van der Waals surface area contributed by atoms with Crippen molar-refractivity contribution in [3.05, 3.63) is 53.1 Å². The lowest BCUT2D eigenvalue weighted by molar-refractivity contribution is 0.355. The van der Waals surface area contributed by atoms with Crippen molar-refractivity contribution in [3.8, 4) is 16.9 Å². The molecule has 0 atom stereocenters. The summed E-state index contributed by atoms with van der Waals surface area (Å²) in [7, 11) is 0. The molecule has 0 heterocycles. The van der Waals surface area contributed by atoms with Crippen molar-refractivity contribution >= 4 is 11.6 Å². The van der Waals surface area contributed by atoms with Crippen LogP contribution in [0.2, 0.25) is 5.02 Å². The standard InChI is InChI=1S/C16H16ClO/c1-16(2,3)12-9-7-11(8-10-12)13-5-4-6-14(18)15(13)17/h4-10H,1-3H3. The molecule has 2 heteroatoms. The van der Waals surface area contributed by atoms with Gasteiger partial charge < -0.3 is 0 Å². The fraction of sp³-hybridized carbons (Fsp3) is 0.250. The second-order valence-corrected chi connectivity index (χ2v) is 5.82. The zero-order valence-corrected chi connectivity index (χ0v) is 11.6. The highest BCUT2D eigenvalue weighted by molar-refractivity contribution is 6.34. The van der Waals surface area contributed by atoms with Gasteiger partial charge >= 0.3 is 0 Å². The highest BCUT2D eigenvalue weighted by Crippen LogP contribution is 2.35. The average molecular weight is 260 g/mol. The molecule has 93 valence electrons. The maximum atomic E-state index is 11.5. The maximum absolute atomic E-state index is 11.5. The van der Waals surface area contributed by atoms with Crippen molar-refractivity contribution in [1.82, 2.24) is 0 Å². The largest absolute Gasteiger partial charge is 0.288 e. The topological polar surface area (TPSA) is 19.9 Å². The van der Waals surface area contributed by atoms with Gasteiger partial charge in [-0.15, -0.1) is 0 Å². The van der Waals surface area contributed by atoms with Gasteiger partial charge in [0.15, 0.2) is 5.75 Å². The van der Waals surface area contributed by atoms with Crippen molar-refractivity contribution in [1.29, 1.82) is 0 Å². The molecule has 0 N–H and O–H groups in total. The molecule has 0 unspecified atom stereocenters. The first-order valence-electron chi connectivity index (χ1n) is 5.96. The molecule has 0 aliphatic rings. The lowest BCUT2D eigenvalue weighted by Gasteiger charge is -2.19. The molecule has 0 fully saturated rings. The lowest BCUT2D eigenvalue weighted by atomic mass is 9.86. The Labute approximate surface area is 113 Å². The molecular weight excluding hydrogens is 244 g/mol. The number of halogens is 1. The van der Waals surface area contributed by atoms with Crippen LogP contribution in [0.1, 0.15) is 26.3 Å². The summed E-state index contributed by atoms with van der Waals surface area (Å²) in [5, 5.41) is 11.8. The van der Waals surface area contributed by atoms with E-state index in [0.717, 1.165) is 11.1 Å². The van der Waals surface area contributed by atoms with Gasteiger partial charge in [0, 0.05) is 5.56 Å². The van der Waals surface area contributed by atoms with E-state index < -0.39 is 0 Å². The minimum atomic E-state index is -0.130. The molecule has 0 aromatic heterocycles. The van der Waals surface area contributed by atoms with Crippen molar-refractivity contribution in [2.45, 2.75) is 26.2 Å². The molecule has 18 heavy (non-hydrogen) atoms. The Hall–Kier alpha value is -1.47. The van der Waals surface area contributed by atoms with Crippen LogP contribution in [0.25, 0.3) is 11.1 Å². The molecule has 2 rings (SSSR count). The average Bonchev–Trinajstić information content (AvgIpc) is 2.32. The summed E-state index contributed by atoms with van der Waals surface area (Å²) >= 11 is 6.04. The Morgan fingerprint density at radius 2 is 1.56 bits per heavy atom.